The molecule has 0 unspecified atom stereocenters. The monoisotopic (exact) mass is 668 g/mol. The first-order valence-corrected chi connectivity index (χ1v) is 15.5. The summed E-state index contributed by atoms with van der Waals surface area (Å²) in [5.74, 6) is -5.01. The molecule has 0 saturated carbocycles. The first kappa shape index (κ1) is 38.9. The average molecular weight is 669 g/mol. The molecule has 0 aromatic heterocycles. The number of nitrogens with two attached hydrogens (primary N) is 1. The number of rotatable bonds is 20. The lowest BCUT2D eigenvalue weighted by Gasteiger charge is -2.22. The maximum absolute atomic E-state index is 13.1. The lowest BCUT2D eigenvalue weighted by atomic mass is 10.0. The third kappa shape index (κ3) is 14.9. The number of nitrogens with one attached hydrogen (secondary N) is 5. The van der Waals surface area contributed by atoms with Crippen molar-refractivity contribution in [3.8, 4) is 5.75 Å². The van der Waals surface area contributed by atoms with Gasteiger partial charge in [0.15, 0.2) is 0 Å². The van der Waals surface area contributed by atoms with Gasteiger partial charge in [-0.15, -0.1) is 0 Å². The topological polar surface area (TPSA) is 246 Å². The molecule has 2 aromatic rings. The highest BCUT2D eigenvalue weighted by atomic mass is 16.4. The molecule has 2 aromatic carbocycles. The molecule has 0 heterocycles. The molecule has 0 aliphatic heterocycles. The second-order valence-corrected chi connectivity index (χ2v) is 11.6. The first-order valence-electron chi connectivity index (χ1n) is 15.5. The highest BCUT2D eigenvalue weighted by Crippen LogP contribution is 2.12. The van der Waals surface area contributed by atoms with Crippen molar-refractivity contribution in [1.82, 2.24) is 26.6 Å². The zero-order chi connectivity index (χ0) is 35.6. The van der Waals surface area contributed by atoms with E-state index in [0.29, 0.717) is 11.1 Å². The number of aromatic hydroxyl groups is 1. The Balaban J connectivity index is 1.99. The van der Waals surface area contributed by atoms with Gasteiger partial charge in [0.25, 0.3) is 0 Å². The maximum Gasteiger partial charge on any atom is 0.326 e. The molecular formula is C33H44N6O9. The SMILES string of the molecule is CC(C)C[C@H](NC(=O)[C@H](Cc1ccccc1)NC(=O)CNC(=O)CNC(=O)[C@H](Cc1ccc(O)cc1)NC(=O)CCC(=O)CN)C(=O)O. The summed E-state index contributed by atoms with van der Waals surface area (Å²) in [6.45, 7) is 2.31. The minimum atomic E-state index is -1.21. The summed E-state index contributed by atoms with van der Waals surface area (Å²) in [7, 11) is 0. The van der Waals surface area contributed by atoms with Crippen molar-refractivity contribution in [3.63, 3.8) is 0 Å². The van der Waals surface area contributed by atoms with Crippen molar-refractivity contribution < 1.29 is 43.8 Å². The standard InChI is InChI=1S/C33H44N6O9/c1-20(2)14-27(33(47)48)39-32(46)26(15-21-6-4-3-5-7-21)38-30(44)19-35-29(43)18-36-31(45)25(16-22-8-10-23(40)11-9-22)37-28(42)13-12-24(41)17-34/h3-11,20,25-27,40H,12-19,34H2,1-2H3,(H,35,43)(H,36,45)(H,37,42)(H,38,44)(H,39,46)(H,47,48)/t25-,26-,27-/m0/s1. The van der Waals surface area contributed by atoms with E-state index in [1.807, 2.05) is 13.8 Å². The number of benzene rings is 2. The van der Waals surface area contributed by atoms with E-state index in [2.05, 4.69) is 26.6 Å². The van der Waals surface area contributed by atoms with Crippen LogP contribution in [0.2, 0.25) is 0 Å². The summed E-state index contributed by atoms with van der Waals surface area (Å²) in [6.07, 6.45) is -0.0417. The van der Waals surface area contributed by atoms with Gasteiger partial charge in [0.2, 0.25) is 29.5 Å². The molecule has 15 heteroatoms. The third-order valence-corrected chi connectivity index (χ3v) is 7.01. The van der Waals surface area contributed by atoms with E-state index in [0.717, 1.165) is 0 Å². The van der Waals surface area contributed by atoms with Gasteiger partial charge >= 0.3 is 5.97 Å². The van der Waals surface area contributed by atoms with Gasteiger partial charge in [0.1, 0.15) is 29.7 Å². The van der Waals surface area contributed by atoms with E-state index in [9.17, 15) is 43.8 Å². The van der Waals surface area contributed by atoms with Crippen LogP contribution in [0, 0.1) is 5.92 Å². The molecule has 0 aliphatic rings. The van der Waals surface area contributed by atoms with E-state index in [-0.39, 0.29) is 56.1 Å². The van der Waals surface area contributed by atoms with Gasteiger partial charge in [-0.2, -0.15) is 0 Å². The molecule has 15 nitrogen and oxygen atoms in total. The van der Waals surface area contributed by atoms with Crippen LogP contribution >= 0.6 is 0 Å². The minimum Gasteiger partial charge on any atom is -0.508 e. The molecule has 5 amide bonds. The molecule has 0 aliphatic carbocycles. The lowest BCUT2D eigenvalue weighted by molar-refractivity contribution is -0.142. The van der Waals surface area contributed by atoms with Gasteiger partial charge in [0.05, 0.1) is 19.6 Å². The van der Waals surface area contributed by atoms with Gasteiger partial charge in [-0.1, -0.05) is 56.3 Å². The summed E-state index contributed by atoms with van der Waals surface area (Å²) < 4.78 is 0. The van der Waals surface area contributed by atoms with Crippen molar-refractivity contribution in [1.29, 1.82) is 0 Å². The maximum atomic E-state index is 13.1. The van der Waals surface area contributed by atoms with Gasteiger partial charge in [-0.3, -0.25) is 28.8 Å². The Kier molecular flexibility index (Phi) is 16.2. The summed E-state index contributed by atoms with van der Waals surface area (Å²) in [5.41, 5.74) is 6.58. The van der Waals surface area contributed by atoms with Crippen molar-refractivity contribution in [2.45, 2.75) is 64.1 Å². The Morgan fingerprint density at radius 1 is 0.667 bits per heavy atom. The van der Waals surface area contributed by atoms with Crippen LogP contribution in [0.3, 0.4) is 0 Å². The Bertz CT molecular complexity index is 1420. The molecular weight excluding hydrogens is 624 g/mol. The van der Waals surface area contributed by atoms with E-state index in [1.165, 1.54) is 12.1 Å². The van der Waals surface area contributed by atoms with Crippen LogP contribution in [0.1, 0.15) is 44.2 Å². The normalized spacial score (nSPS) is 12.6. The largest absolute Gasteiger partial charge is 0.508 e. The highest BCUT2D eigenvalue weighted by Gasteiger charge is 2.28. The number of phenols is 1. The first-order chi connectivity index (χ1) is 22.8. The van der Waals surface area contributed by atoms with Crippen molar-refractivity contribution in [2.75, 3.05) is 19.6 Å². The molecule has 260 valence electrons. The molecule has 9 N–H and O–H groups in total. The van der Waals surface area contributed by atoms with Crippen molar-refractivity contribution >= 4 is 41.3 Å². The van der Waals surface area contributed by atoms with Gasteiger partial charge in [-0.25, -0.2) is 4.79 Å². The molecule has 3 atom stereocenters. The number of Topliss-reactive ketones (excluding diaryl/α,β-unsaturated/α-hetero) is 1. The van der Waals surface area contributed by atoms with Crippen LogP contribution in [-0.4, -0.2) is 89.3 Å². The van der Waals surface area contributed by atoms with Gasteiger partial charge in [0, 0.05) is 25.7 Å². The van der Waals surface area contributed by atoms with Crippen LogP contribution in [-0.2, 0) is 46.4 Å². The van der Waals surface area contributed by atoms with Crippen molar-refractivity contribution in [2.24, 2.45) is 11.7 Å². The average Bonchev–Trinajstić information content (AvgIpc) is 3.05. The van der Waals surface area contributed by atoms with E-state index >= 15 is 0 Å². The number of carbonyl (C=O) groups is 7. The predicted octanol–water partition coefficient (Wildman–Crippen LogP) is -0.697. The zero-order valence-corrected chi connectivity index (χ0v) is 27.0. The lowest BCUT2D eigenvalue weighted by Crippen LogP contribution is -2.54. The molecule has 0 saturated heterocycles. The predicted molar refractivity (Wildman–Crippen MR) is 174 cm³/mol. The molecule has 2 rings (SSSR count). The number of carboxylic acids is 1. The Morgan fingerprint density at radius 3 is 1.81 bits per heavy atom. The Morgan fingerprint density at radius 2 is 1.23 bits per heavy atom. The second kappa shape index (κ2) is 20.0. The van der Waals surface area contributed by atoms with Crippen LogP contribution in [0.25, 0.3) is 0 Å². The number of aliphatic carboxylic acids is 1. The second-order valence-electron chi connectivity index (χ2n) is 11.6. The summed E-state index contributed by atoms with van der Waals surface area (Å²) in [5, 5.41) is 31.4. The molecule has 48 heavy (non-hydrogen) atoms. The quantitative estimate of drug-likeness (QED) is 0.0882. The summed E-state index contributed by atoms with van der Waals surface area (Å²) in [6, 6.07) is 11.3. The van der Waals surface area contributed by atoms with E-state index in [1.54, 1.807) is 42.5 Å². The van der Waals surface area contributed by atoms with Crippen LogP contribution in [0.4, 0.5) is 0 Å². The third-order valence-electron chi connectivity index (χ3n) is 7.01. The fourth-order valence-electron chi connectivity index (χ4n) is 4.50. The van der Waals surface area contributed by atoms with Crippen LogP contribution < -0.4 is 32.3 Å². The van der Waals surface area contributed by atoms with Crippen LogP contribution in [0.5, 0.6) is 5.75 Å². The number of ketones is 1. The molecule has 0 radical (unpaired) electrons. The fraction of sp³-hybridized carbons (Fsp3) is 0.424. The number of hydrogen-bond acceptors (Lipinski definition) is 9. The smallest absolute Gasteiger partial charge is 0.326 e. The number of amides is 5. The van der Waals surface area contributed by atoms with Crippen molar-refractivity contribution in [3.05, 3.63) is 65.7 Å². The zero-order valence-electron chi connectivity index (χ0n) is 27.0. The summed E-state index contributed by atoms with van der Waals surface area (Å²) in [4.78, 5) is 87.0. The molecule has 0 spiro atoms. The molecule has 0 fully saturated rings. The van der Waals surface area contributed by atoms with E-state index < -0.39 is 66.7 Å². The van der Waals surface area contributed by atoms with Crippen LogP contribution in [0.15, 0.2) is 54.6 Å². The highest BCUT2D eigenvalue weighted by molar-refractivity contribution is 5.94. The molecule has 0 bridgehead atoms. The Hall–Kier alpha value is -5.31. The number of hydrogen-bond donors (Lipinski definition) is 8. The number of carboxylic acid groups (broad SMARTS) is 1. The van der Waals surface area contributed by atoms with Gasteiger partial charge in [-0.05, 0) is 35.6 Å². The minimum absolute atomic E-state index is 0.00684. The Labute approximate surface area is 278 Å². The van der Waals surface area contributed by atoms with Gasteiger partial charge < -0.3 is 42.5 Å². The fourth-order valence-corrected chi connectivity index (χ4v) is 4.50. The summed E-state index contributed by atoms with van der Waals surface area (Å²) >= 11 is 0. The number of carbonyl (C=O) groups excluding carboxylic acids is 6. The number of phenolic OH excluding ortho intramolecular Hbond substituents is 1. The van der Waals surface area contributed by atoms with E-state index in [4.69, 9.17) is 5.73 Å².